The molecule has 2 rings (SSSR count). The molecular weight excluding hydrogens is 357 g/mol. The molecule has 5 heteroatoms. The highest BCUT2D eigenvalue weighted by molar-refractivity contribution is 14.1. The van der Waals surface area contributed by atoms with Crippen molar-refractivity contribution in [3.63, 3.8) is 0 Å². The van der Waals surface area contributed by atoms with Crippen molar-refractivity contribution in [1.29, 1.82) is 0 Å². The van der Waals surface area contributed by atoms with Crippen LogP contribution in [0.2, 0.25) is 0 Å². The van der Waals surface area contributed by atoms with E-state index in [1.807, 2.05) is 24.3 Å². The molecule has 1 aromatic carbocycles. The first kappa shape index (κ1) is 14.3. The van der Waals surface area contributed by atoms with Crippen LogP contribution in [0.25, 0.3) is 0 Å². The summed E-state index contributed by atoms with van der Waals surface area (Å²) in [6.45, 7) is 0. The lowest BCUT2D eigenvalue weighted by Crippen LogP contribution is -2.34. The Balaban J connectivity index is 1.86. The molecule has 19 heavy (non-hydrogen) atoms. The van der Waals surface area contributed by atoms with Crippen molar-refractivity contribution in [3.8, 4) is 0 Å². The topological polar surface area (TPSA) is 66.4 Å². The lowest BCUT2D eigenvalue weighted by atomic mass is 10.1. The highest BCUT2D eigenvalue weighted by atomic mass is 127. The fourth-order valence-corrected chi connectivity index (χ4v) is 3.01. The van der Waals surface area contributed by atoms with Crippen molar-refractivity contribution in [1.82, 2.24) is 5.32 Å². The van der Waals surface area contributed by atoms with E-state index in [1.165, 1.54) is 0 Å². The zero-order valence-corrected chi connectivity index (χ0v) is 12.6. The molecule has 0 bridgehead atoms. The summed E-state index contributed by atoms with van der Waals surface area (Å²) in [5.74, 6) is -1.09. The highest BCUT2D eigenvalue weighted by Crippen LogP contribution is 2.25. The van der Waals surface area contributed by atoms with Crippen LogP contribution in [-0.2, 0) is 16.0 Å². The van der Waals surface area contributed by atoms with E-state index in [2.05, 4.69) is 27.9 Å². The Bertz CT molecular complexity index is 489. The summed E-state index contributed by atoms with van der Waals surface area (Å²) in [7, 11) is 0. The molecule has 0 heterocycles. The molecule has 102 valence electrons. The predicted molar refractivity (Wildman–Crippen MR) is 79.8 cm³/mol. The maximum absolute atomic E-state index is 11.9. The van der Waals surface area contributed by atoms with Crippen molar-refractivity contribution < 1.29 is 14.7 Å². The van der Waals surface area contributed by atoms with Crippen molar-refractivity contribution >= 4 is 34.5 Å². The van der Waals surface area contributed by atoms with Gasteiger partial charge in [-0.05, 0) is 53.5 Å². The maximum Gasteiger partial charge on any atom is 0.306 e. The molecule has 0 spiro atoms. The fourth-order valence-electron chi connectivity index (χ4n) is 2.43. The molecule has 1 saturated carbocycles. The minimum absolute atomic E-state index is 0.00923. The number of carbonyl (C=O) groups is 2. The number of carboxylic acid groups (broad SMARTS) is 1. The van der Waals surface area contributed by atoms with Gasteiger partial charge in [-0.25, -0.2) is 0 Å². The Kier molecular flexibility index (Phi) is 4.79. The standard InChI is InChI=1S/C14H16INO3/c15-12-4-2-1-3-9(12)8-13(17)16-11-6-5-10(7-11)14(18)19/h1-4,10-11H,5-8H2,(H,16,17)(H,18,19)/t10-,11+/m0/s1. The average Bonchev–Trinajstić information content (AvgIpc) is 2.80. The number of hydrogen-bond acceptors (Lipinski definition) is 2. The monoisotopic (exact) mass is 373 g/mol. The minimum atomic E-state index is -0.755. The van der Waals surface area contributed by atoms with Crippen molar-refractivity contribution in [2.75, 3.05) is 0 Å². The van der Waals surface area contributed by atoms with Gasteiger partial charge in [0.05, 0.1) is 12.3 Å². The lowest BCUT2D eigenvalue weighted by Gasteiger charge is -2.13. The summed E-state index contributed by atoms with van der Waals surface area (Å²) < 4.78 is 1.07. The van der Waals surface area contributed by atoms with Crippen molar-refractivity contribution in [2.24, 2.45) is 5.92 Å². The van der Waals surface area contributed by atoms with E-state index in [-0.39, 0.29) is 17.9 Å². The number of hydrogen-bond donors (Lipinski definition) is 2. The third-order valence-corrected chi connectivity index (χ3v) is 4.51. The van der Waals surface area contributed by atoms with Gasteiger partial charge < -0.3 is 10.4 Å². The van der Waals surface area contributed by atoms with Gasteiger partial charge in [-0.3, -0.25) is 9.59 Å². The van der Waals surface area contributed by atoms with Crippen LogP contribution < -0.4 is 5.32 Å². The van der Waals surface area contributed by atoms with Crippen molar-refractivity contribution in [3.05, 3.63) is 33.4 Å². The number of rotatable bonds is 4. The Hall–Kier alpha value is -1.11. The van der Waals surface area contributed by atoms with E-state index in [4.69, 9.17) is 5.11 Å². The Morgan fingerprint density at radius 3 is 2.68 bits per heavy atom. The molecule has 1 aliphatic carbocycles. The summed E-state index contributed by atoms with van der Waals surface area (Å²) in [5, 5.41) is 11.9. The number of amides is 1. The second-order valence-corrected chi connectivity index (χ2v) is 6.04. The van der Waals surface area contributed by atoms with Crippen LogP contribution in [0.3, 0.4) is 0 Å². The second kappa shape index (κ2) is 6.36. The van der Waals surface area contributed by atoms with Crippen LogP contribution in [0.15, 0.2) is 24.3 Å². The summed E-state index contributed by atoms with van der Waals surface area (Å²) in [4.78, 5) is 22.8. The van der Waals surface area contributed by atoms with Crippen LogP contribution in [0.5, 0.6) is 0 Å². The van der Waals surface area contributed by atoms with Gasteiger partial charge in [-0.15, -0.1) is 0 Å². The van der Waals surface area contributed by atoms with Gasteiger partial charge in [-0.1, -0.05) is 18.2 Å². The summed E-state index contributed by atoms with van der Waals surface area (Å²) >= 11 is 2.21. The zero-order chi connectivity index (χ0) is 13.8. The summed E-state index contributed by atoms with van der Waals surface area (Å²) in [6.07, 6.45) is 2.32. The predicted octanol–water partition coefficient (Wildman–Crippen LogP) is 2.20. The number of benzene rings is 1. The van der Waals surface area contributed by atoms with Gasteiger partial charge >= 0.3 is 5.97 Å². The molecule has 0 aliphatic heterocycles. The molecule has 1 aliphatic rings. The molecule has 2 N–H and O–H groups in total. The summed E-state index contributed by atoms with van der Waals surface area (Å²) in [5.41, 5.74) is 1.01. The fraction of sp³-hybridized carbons (Fsp3) is 0.429. The van der Waals surface area contributed by atoms with E-state index in [1.54, 1.807) is 0 Å². The normalized spacial score (nSPS) is 22.2. The van der Waals surface area contributed by atoms with Gasteiger partial charge in [0.1, 0.15) is 0 Å². The summed E-state index contributed by atoms with van der Waals surface area (Å²) in [6, 6.07) is 7.78. The SMILES string of the molecule is O=C(Cc1ccccc1I)N[C@@H]1CC[C@H](C(=O)O)C1. The van der Waals surface area contributed by atoms with E-state index < -0.39 is 5.97 Å². The van der Waals surface area contributed by atoms with Gasteiger partial charge in [0.2, 0.25) is 5.91 Å². The average molecular weight is 373 g/mol. The van der Waals surface area contributed by atoms with Crippen LogP contribution in [0.4, 0.5) is 0 Å². The van der Waals surface area contributed by atoms with Crippen LogP contribution >= 0.6 is 22.6 Å². The van der Waals surface area contributed by atoms with E-state index in [0.29, 0.717) is 19.3 Å². The number of aliphatic carboxylic acids is 1. The van der Waals surface area contributed by atoms with Gasteiger partial charge in [-0.2, -0.15) is 0 Å². The first-order chi connectivity index (χ1) is 9.06. The maximum atomic E-state index is 11.9. The minimum Gasteiger partial charge on any atom is -0.481 e. The Labute approximate surface area is 125 Å². The molecule has 4 nitrogen and oxygen atoms in total. The second-order valence-electron chi connectivity index (χ2n) is 4.88. The van der Waals surface area contributed by atoms with Crippen molar-refractivity contribution in [2.45, 2.75) is 31.7 Å². The molecule has 0 aromatic heterocycles. The smallest absolute Gasteiger partial charge is 0.306 e. The molecule has 0 saturated heterocycles. The molecule has 2 atom stereocenters. The lowest BCUT2D eigenvalue weighted by molar-refractivity contribution is -0.141. The molecule has 1 aromatic rings. The number of halogens is 1. The zero-order valence-electron chi connectivity index (χ0n) is 10.4. The molecule has 0 radical (unpaired) electrons. The highest BCUT2D eigenvalue weighted by Gasteiger charge is 2.30. The number of carbonyl (C=O) groups excluding carboxylic acids is 1. The van der Waals surface area contributed by atoms with E-state index in [9.17, 15) is 9.59 Å². The third kappa shape index (κ3) is 3.92. The number of carboxylic acids is 1. The quantitative estimate of drug-likeness (QED) is 0.796. The van der Waals surface area contributed by atoms with E-state index in [0.717, 1.165) is 15.6 Å². The molecule has 1 amide bonds. The van der Waals surface area contributed by atoms with E-state index >= 15 is 0 Å². The molecule has 0 unspecified atom stereocenters. The Morgan fingerprint density at radius 2 is 2.05 bits per heavy atom. The van der Waals surface area contributed by atoms with Gasteiger partial charge in [0.25, 0.3) is 0 Å². The molecule has 1 fully saturated rings. The Morgan fingerprint density at radius 1 is 1.32 bits per heavy atom. The van der Waals surface area contributed by atoms with Crippen LogP contribution in [0.1, 0.15) is 24.8 Å². The largest absolute Gasteiger partial charge is 0.481 e. The van der Waals surface area contributed by atoms with Gasteiger partial charge in [0, 0.05) is 9.61 Å². The first-order valence-corrected chi connectivity index (χ1v) is 7.39. The first-order valence-electron chi connectivity index (χ1n) is 6.32. The van der Waals surface area contributed by atoms with Gasteiger partial charge in [0.15, 0.2) is 0 Å². The molecular formula is C14H16INO3. The van der Waals surface area contributed by atoms with Crippen LogP contribution in [-0.4, -0.2) is 23.0 Å². The third-order valence-electron chi connectivity index (χ3n) is 3.46. The number of nitrogens with one attached hydrogen (secondary N) is 1. The van der Waals surface area contributed by atoms with Crippen LogP contribution in [0, 0.1) is 9.49 Å².